The van der Waals surface area contributed by atoms with Gasteiger partial charge in [-0.2, -0.15) is 0 Å². The summed E-state index contributed by atoms with van der Waals surface area (Å²) in [6.07, 6.45) is 1.83. The molecule has 0 radical (unpaired) electrons. The molecule has 3 aromatic rings. The number of nitrogens with one attached hydrogen (secondary N) is 1. The van der Waals surface area contributed by atoms with Gasteiger partial charge in [0.2, 0.25) is 10.0 Å². The molecule has 0 bridgehead atoms. The largest absolute Gasteiger partial charge is 0.497 e. The van der Waals surface area contributed by atoms with Crippen LogP contribution in [0.5, 0.6) is 11.5 Å². The van der Waals surface area contributed by atoms with Crippen LogP contribution in [-0.4, -0.2) is 51.7 Å². The maximum absolute atomic E-state index is 13.0. The first-order valence-corrected chi connectivity index (χ1v) is 14.2. The number of methoxy groups -OCH3 is 1. The second kappa shape index (κ2) is 11.3. The lowest BCUT2D eigenvalue weighted by Gasteiger charge is -2.32. The summed E-state index contributed by atoms with van der Waals surface area (Å²) >= 11 is 6.48. The Hall–Kier alpha value is -2.39. The minimum atomic E-state index is -3.59. The predicted octanol–water partition coefficient (Wildman–Crippen LogP) is 5.10. The first kappa shape index (κ1) is 26.7. The molecule has 1 aliphatic heterocycles. The van der Waals surface area contributed by atoms with E-state index in [-0.39, 0.29) is 10.8 Å². The van der Waals surface area contributed by atoms with Gasteiger partial charge in [0.25, 0.3) is 0 Å². The van der Waals surface area contributed by atoms with E-state index in [1.54, 1.807) is 19.2 Å². The van der Waals surface area contributed by atoms with Crippen molar-refractivity contribution in [1.82, 2.24) is 14.6 Å². The molecule has 4 rings (SSSR count). The van der Waals surface area contributed by atoms with E-state index in [0.717, 1.165) is 65.0 Å². The van der Waals surface area contributed by atoms with Crippen LogP contribution >= 0.6 is 11.6 Å². The second-order valence-corrected chi connectivity index (χ2v) is 11.5. The molecule has 0 spiro atoms. The number of piperidine rings is 1. The van der Waals surface area contributed by atoms with Crippen LogP contribution in [0.2, 0.25) is 5.15 Å². The molecule has 2 heterocycles. The molecule has 194 valence electrons. The maximum Gasteiger partial charge on any atom is 0.240 e. The molecular formula is C27H34ClN3O4S. The van der Waals surface area contributed by atoms with Gasteiger partial charge in [-0.15, -0.1) is 0 Å². The van der Waals surface area contributed by atoms with E-state index in [0.29, 0.717) is 24.8 Å². The number of benzene rings is 2. The standard InChI is InChI=1S/C27H34ClN3O4S/c1-5-35-26-18(2)12-24(13-19(26)3)36(32,33)29-16-20-8-10-31(11-9-20)17-22-14-21-15-23(34-4)6-7-25(21)30-27(22)28/h6-7,12-15,20,29H,5,8-11,16-17H2,1-4H3. The Balaban J connectivity index is 1.34. The highest BCUT2D eigenvalue weighted by Gasteiger charge is 2.23. The average molecular weight is 532 g/mol. The van der Waals surface area contributed by atoms with Gasteiger partial charge in [-0.3, -0.25) is 4.90 Å². The Labute approximate surface area is 218 Å². The molecule has 0 amide bonds. The molecule has 1 aromatic heterocycles. The van der Waals surface area contributed by atoms with Crippen LogP contribution in [0.4, 0.5) is 0 Å². The summed E-state index contributed by atoms with van der Waals surface area (Å²) in [7, 11) is -1.94. The summed E-state index contributed by atoms with van der Waals surface area (Å²) in [6, 6.07) is 11.2. The van der Waals surface area contributed by atoms with Gasteiger partial charge in [-0.25, -0.2) is 18.1 Å². The molecular weight excluding hydrogens is 498 g/mol. The molecule has 0 aliphatic carbocycles. The van der Waals surface area contributed by atoms with E-state index in [1.807, 2.05) is 39.0 Å². The highest BCUT2D eigenvalue weighted by atomic mass is 35.5. The molecule has 0 unspecified atom stereocenters. The van der Waals surface area contributed by atoms with Crippen LogP contribution in [0, 0.1) is 19.8 Å². The summed E-state index contributed by atoms with van der Waals surface area (Å²) in [4.78, 5) is 7.18. The fraction of sp³-hybridized carbons (Fsp3) is 0.444. The monoisotopic (exact) mass is 531 g/mol. The number of halogens is 1. The van der Waals surface area contributed by atoms with E-state index in [4.69, 9.17) is 21.1 Å². The number of sulfonamides is 1. The molecule has 1 N–H and O–H groups in total. The van der Waals surface area contributed by atoms with Gasteiger partial charge < -0.3 is 9.47 Å². The second-order valence-electron chi connectivity index (χ2n) is 9.39. The minimum absolute atomic E-state index is 0.286. The highest BCUT2D eigenvalue weighted by molar-refractivity contribution is 7.89. The van der Waals surface area contributed by atoms with Crippen molar-refractivity contribution in [3.63, 3.8) is 0 Å². The zero-order valence-corrected chi connectivity index (χ0v) is 22.9. The lowest BCUT2D eigenvalue weighted by Crippen LogP contribution is -2.38. The molecule has 2 aromatic carbocycles. The molecule has 36 heavy (non-hydrogen) atoms. The van der Waals surface area contributed by atoms with Crippen molar-refractivity contribution < 1.29 is 17.9 Å². The molecule has 9 heteroatoms. The number of nitrogens with zero attached hydrogens (tertiary/aromatic N) is 2. The lowest BCUT2D eigenvalue weighted by atomic mass is 9.97. The van der Waals surface area contributed by atoms with Crippen molar-refractivity contribution in [2.24, 2.45) is 5.92 Å². The van der Waals surface area contributed by atoms with E-state index >= 15 is 0 Å². The zero-order valence-electron chi connectivity index (χ0n) is 21.3. The van der Waals surface area contributed by atoms with Crippen molar-refractivity contribution in [2.45, 2.75) is 45.1 Å². The summed E-state index contributed by atoms with van der Waals surface area (Å²) in [5, 5.41) is 1.52. The number of hydrogen-bond donors (Lipinski definition) is 1. The van der Waals surface area contributed by atoms with Gasteiger partial charge >= 0.3 is 0 Å². The van der Waals surface area contributed by atoms with Crippen LogP contribution in [0.15, 0.2) is 41.3 Å². The number of likely N-dealkylation sites (tertiary alicyclic amines) is 1. The van der Waals surface area contributed by atoms with Gasteiger partial charge in [-0.1, -0.05) is 11.6 Å². The van der Waals surface area contributed by atoms with Crippen molar-refractivity contribution >= 4 is 32.5 Å². The van der Waals surface area contributed by atoms with Crippen LogP contribution in [0.1, 0.15) is 36.5 Å². The summed E-state index contributed by atoms with van der Waals surface area (Å²) < 4.78 is 39.7. The topological polar surface area (TPSA) is 80.8 Å². The van der Waals surface area contributed by atoms with E-state index in [2.05, 4.69) is 20.7 Å². The fourth-order valence-corrected chi connectivity index (χ4v) is 6.24. The summed E-state index contributed by atoms with van der Waals surface area (Å²) in [5.41, 5.74) is 3.47. The first-order valence-electron chi connectivity index (χ1n) is 12.3. The summed E-state index contributed by atoms with van der Waals surface area (Å²) in [6.45, 7) is 9.10. The van der Waals surface area contributed by atoms with E-state index < -0.39 is 10.0 Å². The van der Waals surface area contributed by atoms with Crippen LogP contribution in [-0.2, 0) is 16.6 Å². The normalized spacial score (nSPS) is 15.4. The van der Waals surface area contributed by atoms with Gasteiger partial charge in [-0.05, 0) is 100 Å². The van der Waals surface area contributed by atoms with Gasteiger partial charge in [0.05, 0.1) is 24.1 Å². The van der Waals surface area contributed by atoms with Gasteiger partial charge in [0, 0.05) is 24.0 Å². The van der Waals surface area contributed by atoms with Crippen molar-refractivity contribution in [2.75, 3.05) is 33.4 Å². The van der Waals surface area contributed by atoms with Crippen LogP contribution in [0.3, 0.4) is 0 Å². The number of pyridine rings is 1. The Morgan fingerprint density at radius 3 is 2.44 bits per heavy atom. The minimum Gasteiger partial charge on any atom is -0.497 e. The highest BCUT2D eigenvalue weighted by Crippen LogP contribution is 2.28. The third kappa shape index (κ3) is 6.11. The van der Waals surface area contributed by atoms with Gasteiger partial charge in [0.15, 0.2) is 0 Å². The van der Waals surface area contributed by atoms with E-state index in [9.17, 15) is 8.42 Å². The smallest absolute Gasteiger partial charge is 0.240 e. The average Bonchev–Trinajstić information content (AvgIpc) is 2.86. The molecule has 1 fully saturated rings. The first-order chi connectivity index (χ1) is 17.2. The fourth-order valence-electron chi connectivity index (χ4n) is 4.75. The maximum atomic E-state index is 13.0. The van der Waals surface area contributed by atoms with Crippen molar-refractivity contribution in [3.05, 3.63) is 58.2 Å². The lowest BCUT2D eigenvalue weighted by molar-refractivity contribution is 0.178. The number of hydrogen-bond acceptors (Lipinski definition) is 6. The number of fused-ring (bicyclic) bond motifs is 1. The number of rotatable bonds is 9. The predicted molar refractivity (Wildman–Crippen MR) is 144 cm³/mol. The zero-order chi connectivity index (χ0) is 25.9. The number of ether oxygens (including phenoxy) is 2. The van der Waals surface area contributed by atoms with Crippen molar-refractivity contribution in [3.8, 4) is 11.5 Å². The Kier molecular flexibility index (Phi) is 8.40. The van der Waals surface area contributed by atoms with Crippen molar-refractivity contribution in [1.29, 1.82) is 0 Å². The Morgan fingerprint density at radius 2 is 1.81 bits per heavy atom. The SMILES string of the molecule is CCOc1c(C)cc(S(=O)(=O)NCC2CCN(Cc3cc4cc(OC)ccc4nc3Cl)CC2)cc1C. The molecule has 7 nitrogen and oxygen atoms in total. The van der Waals surface area contributed by atoms with Crippen LogP contribution < -0.4 is 14.2 Å². The molecule has 0 saturated carbocycles. The van der Waals surface area contributed by atoms with E-state index in [1.165, 1.54) is 0 Å². The Morgan fingerprint density at radius 1 is 1.11 bits per heavy atom. The third-order valence-electron chi connectivity index (χ3n) is 6.74. The third-order valence-corrected chi connectivity index (χ3v) is 8.47. The molecule has 0 atom stereocenters. The molecule has 1 saturated heterocycles. The molecule has 1 aliphatic rings. The summed E-state index contributed by atoms with van der Waals surface area (Å²) in [5.74, 6) is 1.83. The number of aromatic nitrogens is 1. The van der Waals surface area contributed by atoms with Crippen LogP contribution in [0.25, 0.3) is 10.9 Å². The van der Waals surface area contributed by atoms with Gasteiger partial charge in [0.1, 0.15) is 16.7 Å². The quantitative estimate of drug-likeness (QED) is 0.387. The number of aryl methyl sites for hydroxylation is 2. The Bertz CT molecular complexity index is 1320.